The van der Waals surface area contributed by atoms with Gasteiger partial charge in [-0.05, 0) is 49.3 Å². The third-order valence-electron chi connectivity index (χ3n) is 4.22. The lowest BCUT2D eigenvalue weighted by molar-refractivity contribution is -0.138. The molecule has 1 aliphatic heterocycles. The Morgan fingerprint density at radius 3 is 2.54 bits per heavy atom. The van der Waals surface area contributed by atoms with Gasteiger partial charge in [-0.15, -0.1) is 0 Å². The maximum Gasteiger partial charge on any atom is 0.338 e. The predicted octanol–water partition coefficient (Wildman–Crippen LogP) is 4.23. The molecule has 0 amide bonds. The van der Waals surface area contributed by atoms with Crippen LogP contribution in [0, 0.1) is 0 Å². The van der Waals surface area contributed by atoms with E-state index in [1.165, 1.54) is 0 Å². The van der Waals surface area contributed by atoms with E-state index in [0.717, 1.165) is 11.1 Å². The van der Waals surface area contributed by atoms with Crippen LogP contribution in [0.1, 0.15) is 31.0 Å². The van der Waals surface area contributed by atoms with Crippen LogP contribution < -0.4 is 15.4 Å². The standard InChI is InChI=1S/C21H21ClN2O3S/c1-3-26-16-11-10-14(12-15(16)22)19-17(20(25)27-4-2)18(23-21(28)24-19)13-8-6-5-7-9-13/h5-12,19H,3-4H2,1-2H3,(H2,23,24,28)/t19-/m0/s1. The van der Waals surface area contributed by atoms with Crippen LogP contribution >= 0.6 is 23.8 Å². The number of rotatable bonds is 6. The van der Waals surface area contributed by atoms with Crippen molar-refractivity contribution in [2.24, 2.45) is 0 Å². The molecular weight excluding hydrogens is 396 g/mol. The summed E-state index contributed by atoms with van der Waals surface area (Å²) in [6.45, 7) is 4.45. The third-order valence-corrected chi connectivity index (χ3v) is 4.73. The molecule has 3 rings (SSSR count). The summed E-state index contributed by atoms with van der Waals surface area (Å²) in [5.74, 6) is 0.174. The van der Waals surface area contributed by atoms with Crippen LogP contribution in [0.2, 0.25) is 5.02 Å². The highest BCUT2D eigenvalue weighted by molar-refractivity contribution is 7.80. The van der Waals surface area contributed by atoms with E-state index in [9.17, 15) is 4.79 Å². The van der Waals surface area contributed by atoms with E-state index in [0.29, 0.717) is 33.8 Å². The first kappa shape index (κ1) is 20.2. The molecule has 2 aromatic carbocycles. The van der Waals surface area contributed by atoms with E-state index in [2.05, 4.69) is 10.6 Å². The van der Waals surface area contributed by atoms with Gasteiger partial charge in [0.05, 0.1) is 35.5 Å². The van der Waals surface area contributed by atoms with Gasteiger partial charge in [0, 0.05) is 0 Å². The van der Waals surface area contributed by atoms with Crippen LogP contribution in [0.25, 0.3) is 5.70 Å². The van der Waals surface area contributed by atoms with Crippen molar-refractivity contribution < 1.29 is 14.3 Å². The Labute approximate surface area is 174 Å². The summed E-state index contributed by atoms with van der Waals surface area (Å²) >= 11 is 11.8. The van der Waals surface area contributed by atoms with Crippen LogP contribution in [-0.2, 0) is 9.53 Å². The van der Waals surface area contributed by atoms with E-state index in [4.69, 9.17) is 33.3 Å². The molecule has 7 heteroatoms. The van der Waals surface area contributed by atoms with Crippen molar-refractivity contribution in [3.05, 3.63) is 70.3 Å². The van der Waals surface area contributed by atoms with Gasteiger partial charge in [-0.25, -0.2) is 4.79 Å². The normalized spacial score (nSPS) is 16.2. The molecule has 1 heterocycles. The second-order valence-electron chi connectivity index (χ2n) is 6.03. The van der Waals surface area contributed by atoms with Crippen molar-refractivity contribution in [2.45, 2.75) is 19.9 Å². The molecule has 1 atom stereocenters. The van der Waals surface area contributed by atoms with Gasteiger partial charge < -0.3 is 20.1 Å². The molecule has 2 aromatic rings. The van der Waals surface area contributed by atoms with E-state index < -0.39 is 12.0 Å². The first-order valence-corrected chi connectivity index (χ1v) is 9.80. The molecule has 0 spiro atoms. The lowest BCUT2D eigenvalue weighted by Crippen LogP contribution is -2.45. The van der Waals surface area contributed by atoms with Crippen molar-refractivity contribution in [2.75, 3.05) is 13.2 Å². The highest BCUT2D eigenvalue weighted by Gasteiger charge is 2.33. The molecule has 0 bridgehead atoms. The van der Waals surface area contributed by atoms with Gasteiger partial charge in [0.1, 0.15) is 5.75 Å². The Hall–Kier alpha value is -2.57. The number of benzene rings is 2. The first-order chi connectivity index (χ1) is 13.5. The summed E-state index contributed by atoms with van der Waals surface area (Å²) in [4.78, 5) is 12.9. The third kappa shape index (κ3) is 4.29. The molecule has 28 heavy (non-hydrogen) atoms. The summed E-state index contributed by atoms with van der Waals surface area (Å²) in [6.07, 6.45) is 0. The fourth-order valence-electron chi connectivity index (χ4n) is 3.05. The maximum atomic E-state index is 12.9. The zero-order valence-corrected chi connectivity index (χ0v) is 17.2. The largest absolute Gasteiger partial charge is 0.492 e. The Kier molecular flexibility index (Phi) is 6.54. The summed E-state index contributed by atoms with van der Waals surface area (Å²) in [6, 6.07) is 14.5. The molecule has 146 valence electrons. The monoisotopic (exact) mass is 416 g/mol. The Morgan fingerprint density at radius 2 is 1.89 bits per heavy atom. The zero-order chi connectivity index (χ0) is 20.1. The van der Waals surface area contributed by atoms with Crippen molar-refractivity contribution in [1.29, 1.82) is 0 Å². The minimum absolute atomic E-state index is 0.269. The number of nitrogens with one attached hydrogen (secondary N) is 2. The average molecular weight is 417 g/mol. The predicted molar refractivity (Wildman–Crippen MR) is 114 cm³/mol. The van der Waals surface area contributed by atoms with E-state index >= 15 is 0 Å². The van der Waals surface area contributed by atoms with Crippen LogP contribution in [-0.4, -0.2) is 24.3 Å². The number of thiocarbonyl (C=S) groups is 1. The highest BCUT2D eigenvalue weighted by Crippen LogP contribution is 2.35. The molecule has 1 aliphatic rings. The maximum absolute atomic E-state index is 12.9. The smallest absolute Gasteiger partial charge is 0.338 e. The van der Waals surface area contributed by atoms with E-state index in [1.54, 1.807) is 19.1 Å². The first-order valence-electron chi connectivity index (χ1n) is 9.01. The van der Waals surface area contributed by atoms with E-state index in [1.807, 2.05) is 43.3 Å². The van der Waals surface area contributed by atoms with Crippen molar-refractivity contribution in [1.82, 2.24) is 10.6 Å². The topological polar surface area (TPSA) is 59.6 Å². The van der Waals surface area contributed by atoms with Gasteiger partial charge >= 0.3 is 5.97 Å². The number of ether oxygens (including phenoxy) is 2. The van der Waals surface area contributed by atoms with Crippen LogP contribution in [0.3, 0.4) is 0 Å². The molecule has 0 saturated carbocycles. The number of hydrogen-bond acceptors (Lipinski definition) is 4. The highest BCUT2D eigenvalue weighted by atomic mass is 35.5. The second-order valence-corrected chi connectivity index (χ2v) is 6.84. The molecule has 0 fully saturated rings. The van der Waals surface area contributed by atoms with Gasteiger partial charge in [-0.2, -0.15) is 0 Å². The molecule has 0 unspecified atom stereocenters. The molecule has 0 aliphatic carbocycles. The number of hydrogen-bond donors (Lipinski definition) is 2. The number of halogens is 1. The summed E-state index contributed by atoms with van der Waals surface area (Å²) in [5, 5.41) is 7.16. The van der Waals surface area contributed by atoms with Crippen LogP contribution in [0.5, 0.6) is 5.75 Å². The SMILES string of the molecule is CCOC(=O)C1=C(c2ccccc2)NC(=S)N[C@H]1c1ccc(OCC)c(Cl)c1. The number of carbonyl (C=O) groups is 1. The van der Waals surface area contributed by atoms with Gasteiger partial charge in [0.2, 0.25) is 0 Å². The zero-order valence-electron chi connectivity index (χ0n) is 15.6. The quantitative estimate of drug-likeness (QED) is 0.542. The molecule has 0 aromatic heterocycles. The number of carbonyl (C=O) groups excluding carboxylic acids is 1. The van der Waals surface area contributed by atoms with Crippen molar-refractivity contribution >= 4 is 40.6 Å². The Bertz CT molecular complexity index is 915. The Morgan fingerprint density at radius 1 is 1.14 bits per heavy atom. The van der Waals surface area contributed by atoms with Gasteiger partial charge in [-0.3, -0.25) is 0 Å². The summed E-state index contributed by atoms with van der Waals surface area (Å²) in [7, 11) is 0. The van der Waals surface area contributed by atoms with Crippen molar-refractivity contribution in [3.63, 3.8) is 0 Å². The Balaban J connectivity index is 2.13. The van der Waals surface area contributed by atoms with E-state index in [-0.39, 0.29) is 6.61 Å². The molecule has 0 saturated heterocycles. The minimum Gasteiger partial charge on any atom is -0.492 e. The van der Waals surface area contributed by atoms with Gasteiger partial charge in [0.15, 0.2) is 5.11 Å². The number of esters is 1. The van der Waals surface area contributed by atoms with Crippen LogP contribution in [0.4, 0.5) is 0 Å². The fraction of sp³-hybridized carbons (Fsp3) is 0.238. The van der Waals surface area contributed by atoms with Gasteiger partial charge in [-0.1, -0.05) is 48.0 Å². The minimum atomic E-state index is -0.504. The van der Waals surface area contributed by atoms with Gasteiger partial charge in [0.25, 0.3) is 0 Å². The fourth-order valence-corrected chi connectivity index (χ4v) is 3.51. The van der Waals surface area contributed by atoms with Crippen molar-refractivity contribution in [3.8, 4) is 5.75 Å². The second kappa shape index (κ2) is 9.08. The molecule has 2 N–H and O–H groups in total. The molecule has 5 nitrogen and oxygen atoms in total. The average Bonchev–Trinajstić information content (AvgIpc) is 2.70. The summed E-state index contributed by atoms with van der Waals surface area (Å²) < 4.78 is 10.8. The van der Waals surface area contributed by atoms with Crippen LogP contribution in [0.15, 0.2) is 54.1 Å². The lowest BCUT2D eigenvalue weighted by atomic mass is 9.92. The molecule has 0 radical (unpaired) electrons. The summed E-state index contributed by atoms with van der Waals surface area (Å²) in [5.41, 5.74) is 2.70. The lowest BCUT2D eigenvalue weighted by Gasteiger charge is -2.31. The molecular formula is C21H21ClN2O3S.